The van der Waals surface area contributed by atoms with Crippen molar-refractivity contribution in [3.05, 3.63) is 58.7 Å². The molecule has 0 fully saturated rings. The Labute approximate surface area is 195 Å². The summed E-state index contributed by atoms with van der Waals surface area (Å²) in [6.45, 7) is 2.73. The Kier molecular flexibility index (Phi) is 16.0. The van der Waals surface area contributed by atoms with Gasteiger partial charge in [0.25, 0.3) is 6.54 Å². The van der Waals surface area contributed by atoms with E-state index in [1.165, 1.54) is 13.2 Å². The van der Waals surface area contributed by atoms with Gasteiger partial charge in [-0.3, -0.25) is 4.79 Å². The van der Waals surface area contributed by atoms with Gasteiger partial charge in [0.1, 0.15) is 31.3 Å². The van der Waals surface area contributed by atoms with Crippen molar-refractivity contribution in [1.82, 2.24) is 0 Å². The first kappa shape index (κ1) is 30.4. The number of halogens is 3. The van der Waals surface area contributed by atoms with E-state index in [0.717, 1.165) is 5.56 Å². The molecule has 34 heavy (non-hydrogen) atoms. The summed E-state index contributed by atoms with van der Waals surface area (Å²) in [5.41, 5.74) is 2.06. The standard InChI is InChI=1S/C20H20F2O7.C2H6.CHFO/c1-25-11-15-7-14(10-28-19(21)23)8-16(12-29-20(22)24)18(15)27-9-13-3-5-17(26-2)6-4-13;1-2;2-1-3/h3-8H,9-12H2,1-2H3;1-2H3;1H. The zero-order chi connectivity index (χ0) is 25.9. The van der Waals surface area contributed by atoms with Crippen molar-refractivity contribution in [3.63, 3.8) is 0 Å². The summed E-state index contributed by atoms with van der Waals surface area (Å²) in [7, 11) is 3.02. The van der Waals surface area contributed by atoms with Gasteiger partial charge in [0.15, 0.2) is 0 Å². The Morgan fingerprint density at radius 1 is 0.824 bits per heavy atom. The highest BCUT2D eigenvalue weighted by Gasteiger charge is 2.16. The minimum Gasteiger partial charge on any atom is -0.497 e. The molecule has 0 bridgehead atoms. The highest BCUT2D eigenvalue weighted by atomic mass is 19.2. The zero-order valence-electron chi connectivity index (χ0n) is 19.3. The Morgan fingerprint density at radius 3 is 1.79 bits per heavy atom. The average molecular weight is 488 g/mol. The molecule has 0 aromatic heterocycles. The molecule has 0 aliphatic carbocycles. The van der Waals surface area contributed by atoms with Gasteiger partial charge >= 0.3 is 12.4 Å². The van der Waals surface area contributed by atoms with Gasteiger partial charge in [-0.2, -0.15) is 4.39 Å². The smallest absolute Gasteiger partial charge is 0.495 e. The fourth-order valence-electron chi connectivity index (χ4n) is 2.62. The first-order valence-corrected chi connectivity index (χ1v) is 9.92. The van der Waals surface area contributed by atoms with Crippen molar-refractivity contribution in [1.29, 1.82) is 0 Å². The maximum atomic E-state index is 12.6. The van der Waals surface area contributed by atoms with Crippen LogP contribution in [0.3, 0.4) is 0 Å². The predicted molar refractivity (Wildman–Crippen MR) is 116 cm³/mol. The molecule has 2 aromatic carbocycles. The Bertz CT molecular complexity index is 889. The Hall–Kier alpha value is -3.60. The van der Waals surface area contributed by atoms with Crippen LogP contribution in [0.25, 0.3) is 0 Å². The lowest BCUT2D eigenvalue weighted by atomic mass is 10.0. The summed E-state index contributed by atoms with van der Waals surface area (Å²) >= 11 is 0. The SMILES string of the molecule is CC.COCc1cc(COC(=O)F)cc(COC(=O)F)c1OCc1ccc(OC)cc1.O=CF. The van der Waals surface area contributed by atoms with Gasteiger partial charge in [0.05, 0.1) is 13.7 Å². The number of carbonyl (C=O) groups excluding carboxylic acids is 3. The van der Waals surface area contributed by atoms with E-state index in [0.29, 0.717) is 28.2 Å². The van der Waals surface area contributed by atoms with Crippen molar-refractivity contribution in [2.24, 2.45) is 0 Å². The number of carbonyl (C=O) groups is 3. The minimum atomic E-state index is -1.96. The molecule has 0 atom stereocenters. The van der Waals surface area contributed by atoms with E-state index in [9.17, 15) is 22.8 Å². The van der Waals surface area contributed by atoms with Crippen molar-refractivity contribution in [3.8, 4) is 11.5 Å². The van der Waals surface area contributed by atoms with E-state index in [-0.39, 0.29) is 19.8 Å². The summed E-state index contributed by atoms with van der Waals surface area (Å²) < 4.78 is 59.5. The lowest BCUT2D eigenvalue weighted by molar-refractivity contribution is 0.112. The molecule has 0 spiro atoms. The molecule has 188 valence electrons. The highest BCUT2D eigenvalue weighted by Crippen LogP contribution is 2.29. The minimum absolute atomic E-state index is 0.103. The van der Waals surface area contributed by atoms with Crippen LogP contribution in [0.1, 0.15) is 36.1 Å². The van der Waals surface area contributed by atoms with Gasteiger partial charge < -0.3 is 23.7 Å². The van der Waals surface area contributed by atoms with Gasteiger partial charge in [0, 0.05) is 18.2 Å². The van der Waals surface area contributed by atoms with Crippen LogP contribution in [-0.2, 0) is 45.4 Å². The monoisotopic (exact) mass is 488 g/mol. The molecule has 2 rings (SSSR count). The molecular weight excluding hydrogens is 461 g/mol. The van der Waals surface area contributed by atoms with Crippen LogP contribution in [0.4, 0.5) is 22.8 Å². The number of methoxy groups -OCH3 is 2. The molecule has 11 heteroatoms. The summed E-state index contributed by atoms with van der Waals surface area (Å²) in [6, 6.07) is 10.2. The zero-order valence-corrected chi connectivity index (χ0v) is 19.3. The normalized spacial score (nSPS) is 9.38. The molecule has 0 saturated carbocycles. The van der Waals surface area contributed by atoms with Gasteiger partial charge in [-0.05, 0) is 35.4 Å². The van der Waals surface area contributed by atoms with Gasteiger partial charge in [-0.15, -0.1) is 8.78 Å². The number of rotatable bonds is 10. The van der Waals surface area contributed by atoms with Gasteiger partial charge in [-0.1, -0.05) is 26.0 Å². The number of hydrogen-bond donors (Lipinski definition) is 0. The second kappa shape index (κ2) is 17.9. The first-order valence-electron chi connectivity index (χ1n) is 9.92. The quantitative estimate of drug-likeness (QED) is 0.306. The summed E-state index contributed by atoms with van der Waals surface area (Å²) in [4.78, 5) is 29.2. The van der Waals surface area contributed by atoms with E-state index in [1.807, 2.05) is 26.0 Å². The number of ether oxygens (including phenoxy) is 5. The summed E-state index contributed by atoms with van der Waals surface area (Å²) in [5, 5.41) is 0. The maximum Gasteiger partial charge on any atom is 0.495 e. The third-order valence-electron chi connectivity index (χ3n) is 3.84. The molecule has 0 saturated heterocycles. The first-order chi connectivity index (χ1) is 16.3. The van der Waals surface area contributed by atoms with E-state index < -0.39 is 25.6 Å². The molecule has 8 nitrogen and oxygen atoms in total. The van der Waals surface area contributed by atoms with E-state index in [2.05, 4.69) is 9.47 Å². The second-order valence-electron chi connectivity index (χ2n) is 5.95. The van der Waals surface area contributed by atoms with Crippen molar-refractivity contribution >= 4 is 19.0 Å². The fourth-order valence-corrected chi connectivity index (χ4v) is 2.62. The highest BCUT2D eigenvalue weighted by molar-refractivity contribution is 5.59. The molecule has 0 amide bonds. The van der Waals surface area contributed by atoms with Crippen molar-refractivity contribution in [2.45, 2.75) is 40.3 Å². The van der Waals surface area contributed by atoms with E-state index >= 15 is 0 Å². The predicted octanol–water partition coefficient (Wildman–Crippen LogP) is 5.81. The molecule has 0 heterocycles. The van der Waals surface area contributed by atoms with Crippen LogP contribution in [-0.4, -0.2) is 33.2 Å². The van der Waals surface area contributed by atoms with Gasteiger partial charge in [0.2, 0.25) is 0 Å². The molecular formula is C23H27F3O8. The fraction of sp³-hybridized carbons (Fsp3) is 0.348. The topological polar surface area (TPSA) is 97.4 Å². The average Bonchev–Trinajstić information content (AvgIpc) is 2.83. The van der Waals surface area contributed by atoms with Crippen LogP contribution in [0, 0.1) is 0 Å². The van der Waals surface area contributed by atoms with Gasteiger partial charge in [-0.25, -0.2) is 9.59 Å². The van der Waals surface area contributed by atoms with Crippen LogP contribution < -0.4 is 9.47 Å². The second-order valence-corrected chi connectivity index (χ2v) is 5.95. The maximum absolute atomic E-state index is 12.6. The largest absolute Gasteiger partial charge is 0.497 e. The van der Waals surface area contributed by atoms with Crippen molar-refractivity contribution in [2.75, 3.05) is 14.2 Å². The third kappa shape index (κ3) is 11.9. The number of hydrogen-bond acceptors (Lipinski definition) is 8. The van der Waals surface area contributed by atoms with Crippen LogP contribution in [0.15, 0.2) is 36.4 Å². The Balaban J connectivity index is 0.00000201. The number of benzene rings is 2. The molecule has 0 radical (unpaired) electrons. The lowest BCUT2D eigenvalue weighted by Crippen LogP contribution is -2.07. The lowest BCUT2D eigenvalue weighted by Gasteiger charge is -2.17. The third-order valence-corrected chi connectivity index (χ3v) is 3.84. The Morgan fingerprint density at radius 2 is 1.32 bits per heavy atom. The molecule has 0 aliphatic rings. The molecule has 0 unspecified atom stereocenters. The molecule has 2 aromatic rings. The summed E-state index contributed by atoms with van der Waals surface area (Å²) in [5.74, 6) is 1.01. The van der Waals surface area contributed by atoms with Crippen LogP contribution in [0.2, 0.25) is 0 Å². The van der Waals surface area contributed by atoms with E-state index in [1.54, 1.807) is 25.3 Å². The molecule has 0 N–H and O–H groups in total. The molecule has 0 aliphatic heterocycles. The van der Waals surface area contributed by atoms with Crippen LogP contribution in [0.5, 0.6) is 11.5 Å². The van der Waals surface area contributed by atoms with Crippen LogP contribution >= 0.6 is 0 Å². The summed E-state index contributed by atoms with van der Waals surface area (Å²) in [6.07, 6.45) is -3.89. The van der Waals surface area contributed by atoms with Crippen molar-refractivity contribution < 1.29 is 51.2 Å². The van der Waals surface area contributed by atoms with E-state index in [4.69, 9.17) is 19.0 Å².